The highest BCUT2D eigenvalue weighted by Gasteiger charge is 2.22. The van der Waals surface area contributed by atoms with Gasteiger partial charge < -0.3 is 15.2 Å². The number of anilines is 1. The number of ether oxygens (including phenoxy) is 2. The highest BCUT2D eigenvalue weighted by Crippen LogP contribution is 2.37. The first-order chi connectivity index (χ1) is 18.1. The van der Waals surface area contributed by atoms with Gasteiger partial charge in [0, 0.05) is 33.7 Å². The minimum Gasteiger partial charge on any atom is -0.488 e. The summed E-state index contributed by atoms with van der Waals surface area (Å²) in [5.74, 6) is 1.28. The van der Waals surface area contributed by atoms with Crippen LogP contribution >= 0.6 is 34.7 Å². The van der Waals surface area contributed by atoms with Gasteiger partial charge in [-0.05, 0) is 29.8 Å². The molecule has 0 radical (unpaired) electrons. The number of thiazole rings is 1. The van der Waals surface area contributed by atoms with E-state index in [2.05, 4.69) is 17.1 Å². The predicted molar refractivity (Wildman–Crippen MR) is 145 cm³/mol. The fourth-order valence-electron chi connectivity index (χ4n) is 3.93. The SMILES string of the molecule is N#Cc1c(N)nc(SCc2csc(-c3ccc(Cl)cc3)n2)c(C#N)c1-c1ccc(OC2CCOC2)cc1. The van der Waals surface area contributed by atoms with Crippen molar-refractivity contribution >= 4 is 40.5 Å². The second-order valence-corrected chi connectivity index (χ2v) is 10.5. The Kier molecular flexibility index (Phi) is 7.59. The summed E-state index contributed by atoms with van der Waals surface area (Å²) >= 11 is 8.89. The van der Waals surface area contributed by atoms with Crippen molar-refractivity contribution < 1.29 is 9.47 Å². The fourth-order valence-corrected chi connectivity index (χ4v) is 5.88. The van der Waals surface area contributed by atoms with Crippen LogP contribution in [0, 0.1) is 22.7 Å². The number of nitrogen functional groups attached to an aromatic ring is 1. The van der Waals surface area contributed by atoms with E-state index in [-0.39, 0.29) is 17.5 Å². The van der Waals surface area contributed by atoms with E-state index in [0.29, 0.717) is 51.5 Å². The first kappa shape index (κ1) is 25.1. The van der Waals surface area contributed by atoms with Crippen LogP contribution in [0.15, 0.2) is 58.9 Å². The molecule has 0 aliphatic carbocycles. The van der Waals surface area contributed by atoms with Crippen LogP contribution in [0.2, 0.25) is 5.02 Å². The lowest BCUT2D eigenvalue weighted by atomic mass is 9.97. The predicted octanol–water partition coefficient (Wildman–Crippen LogP) is 6.31. The molecule has 4 aromatic rings. The maximum Gasteiger partial charge on any atom is 0.143 e. The molecule has 1 saturated heterocycles. The zero-order valence-electron chi connectivity index (χ0n) is 19.5. The molecular weight excluding hydrogens is 526 g/mol. The van der Waals surface area contributed by atoms with Gasteiger partial charge >= 0.3 is 0 Å². The summed E-state index contributed by atoms with van der Waals surface area (Å²) in [4.78, 5) is 9.10. The van der Waals surface area contributed by atoms with Crippen molar-refractivity contribution in [2.24, 2.45) is 0 Å². The van der Waals surface area contributed by atoms with E-state index in [1.165, 1.54) is 23.1 Å². The third-order valence-electron chi connectivity index (χ3n) is 5.75. The second-order valence-electron chi connectivity index (χ2n) is 8.22. The number of hydrogen-bond donors (Lipinski definition) is 1. The van der Waals surface area contributed by atoms with E-state index >= 15 is 0 Å². The van der Waals surface area contributed by atoms with Crippen molar-refractivity contribution in [1.29, 1.82) is 10.5 Å². The third kappa shape index (κ3) is 5.56. The Morgan fingerprint density at radius 2 is 1.78 bits per heavy atom. The van der Waals surface area contributed by atoms with Crippen molar-refractivity contribution in [2.75, 3.05) is 18.9 Å². The Morgan fingerprint density at radius 1 is 1.05 bits per heavy atom. The van der Waals surface area contributed by atoms with Crippen molar-refractivity contribution in [1.82, 2.24) is 9.97 Å². The molecule has 2 N–H and O–H groups in total. The molecule has 0 bridgehead atoms. The summed E-state index contributed by atoms with van der Waals surface area (Å²) in [6.07, 6.45) is 0.876. The minimum atomic E-state index is 0.0284. The van der Waals surface area contributed by atoms with E-state index in [1.54, 1.807) is 0 Å². The number of halogens is 1. The van der Waals surface area contributed by atoms with Crippen molar-refractivity contribution in [3.8, 4) is 39.6 Å². The Bertz CT molecular complexity index is 1500. The van der Waals surface area contributed by atoms with E-state index in [9.17, 15) is 10.5 Å². The Balaban J connectivity index is 1.41. The fraction of sp³-hybridized carbons (Fsp3) is 0.185. The maximum absolute atomic E-state index is 10.1. The van der Waals surface area contributed by atoms with Gasteiger partial charge in [0.1, 0.15) is 45.4 Å². The number of pyridine rings is 1. The molecular formula is C27H20ClN5O2S2. The lowest BCUT2D eigenvalue weighted by Crippen LogP contribution is -2.15. The van der Waals surface area contributed by atoms with Gasteiger partial charge in [-0.2, -0.15) is 10.5 Å². The number of benzene rings is 2. The first-order valence-corrected chi connectivity index (χ1v) is 13.6. The molecule has 1 aliphatic heterocycles. The van der Waals surface area contributed by atoms with Crippen LogP contribution in [-0.4, -0.2) is 29.3 Å². The average molecular weight is 546 g/mol. The summed E-state index contributed by atoms with van der Waals surface area (Å²) < 4.78 is 11.3. The number of aromatic nitrogens is 2. The maximum atomic E-state index is 10.1. The Morgan fingerprint density at radius 3 is 2.46 bits per heavy atom. The summed E-state index contributed by atoms with van der Waals surface area (Å²) in [5.41, 5.74) is 9.66. The van der Waals surface area contributed by atoms with E-state index < -0.39 is 0 Å². The van der Waals surface area contributed by atoms with Gasteiger partial charge in [-0.15, -0.1) is 11.3 Å². The van der Waals surface area contributed by atoms with Crippen molar-refractivity contribution in [3.05, 3.63) is 75.8 Å². The lowest BCUT2D eigenvalue weighted by molar-refractivity contribution is 0.141. The van der Waals surface area contributed by atoms with E-state index in [0.717, 1.165) is 22.7 Å². The van der Waals surface area contributed by atoms with Crippen LogP contribution in [0.5, 0.6) is 5.75 Å². The molecule has 2 aromatic carbocycles. The number of rotatable bonds is 7. The first-order valence-electron chi connectivity index (χ1n) is 11.4. The molecule has 7 nitrogen and oxygen atoms in total. The van der Waals surface area contributed by atoms with Crippen molar-refractivity contribution in [2.45, 2.75) is 23.3 Å². The molecule has 10 heteroatoms. The number of thioether (sulfide) groups is 1. The van der Waals surface area contributed by atoms with Crippen LogP contribution < -0.4 is 10.5 Å². The highest BCUT2D eigenvalue weighted by atomic mass is 35.5. The average Bonchev–Trinajstić information content (AvgIpc) is 3.60. The highest BCUT2D eigenvalue weighted by molar-refractivity contribution is 7.98. The number of hydrogen-bond acceptors (Lipinski definition) is 9. The largest absolute Gasteiger partial charge is 0.488 e. The summed E-state index contributed by atoms with van der Waals surface area (Å²) in [5, 5.41) is 23.9. The third-order valence-corrected chi connectivity index (χ3v) is 7.95. The van der Waals surface area contributed by atoms with Crippen LogP contribution in [0.25, 0.3) is 21.7 Å². The van der Waals surface area contributed by atoms with E-state index in [4.69, 9.17) is 31.8 Å². The van der Waals surface area contributed by atoms with Crippen LogP contribution in [0.4, 0.5) is 5.82 Å². The molecule has 37 heavy (non-hydrogen) atoms. The monoisotopic (exact) mass is 545 g/mol. The summed E-state index contributed by atoms with van der Waals surface area (Å²) in [6.45, 7) is 1.26. The van der Waals surface area contributed by atoms with Gasteiger partial charge in [0.05, 0.1) is 24.5 Å². The molecule has 3 heterocycles. The van der Waals surface area contributed by atoms with Gasteiger partial charge in [0.15, 0.2) is 0 Å². The molecule has 184 valence electrons. The zero-order chi connectivity index (χ0) is 25.8. The molecule has 1 fully saturated rings. The molecule has 1 atom stereocenters. The summed E-state index contributed by atoms with van der Waals surface area (Å²) in [7, 11) is 0. The van der Waals surface area contributed by atoms with Crippen molar-refractivity contribution in [3.63, 3.8) is 0 Å². The van der Waals surface area contributed by atoms with Crippen LogP contribution in [0.3, 0.4) is 0 Å². The molecule has 0 amide bonds. The standard InChI is InChI=1S/C27H20ClN5O2S2/c28-18-5-1-17(2-6-18)26-32-19(14-36-26)15-37-27-23(12-30)24(22(11-29)25(31)33-27)16-3-7-20(8-4-16)35-21-9-10-34-13-21/h1-8,14,21H,9-10,13,15H2,(H2,31,33). The van der Waals surface area contributed by atoms with Crippen LogP contribution in [0.1, 0.15) is 23.2 Å². The smallest absolute Gasteiger partial charge is 0.143 e. The molecule has 5 rings (SSSR count). The normalized spacial score (nSPS) is 14.7. The number of nitrogens with zero attached hydrogens (tertiary/aromatic N) is 4. The molecule has 0 saturated carbocycles. The van der Waals surface area contributed by atoms with Crippen LogP contribution in [-0.2, 0) is 10.5 Å². The minimum absolute atomic E-state index is 0.0284. The molecule has 2 aromatic heterocycles. The molecule has 0 spiro atoms. The lowest BCUT2D eigenvalue weighted by Gasteiger charge is -2.15. The molecule has 1 aliphatic rings. The molecule has 1 unspecified atom stereocenters. The number of nitrogens with two attached hydrogens (primary N) is 1. The summed E-state index contributed by atoms with van der Waals surface area (Å²) in [6, 6.07) is 19.2. The zero-order valence-corrected chi connectivity index (χ0v) is 21.9. The van der Waals surface area contributed by atoms with Gasteiger partial charge in [-0.25, -0.2) is 9.97 Å². The van der Waals surface area contributed by atoms with Gasteiger partial charge in [-0.3, -0.25) is 0 Å². The topological polar surface area (TPSA) is 118 Å². The Hall–Kier alpha value is -3.60. The second kappa shape index (κ2) is 11.2. The van der Waals surface area contributed by atoms with Gasteiger partial charge in [-0.1, -0.05) is 47.6 Å². The number of nitriles is 2. The van der Waals surface area contributed by atoms with Gasteiger partial charge in [0.2, 0.25) is 0 Å². The Labute approximate surface area is 227 Å². The van der Waals surface area contributed by atoms with Gasteiger partial charge in [0.25, 0.3) is 0 Å². The quantitative estimate of drug-likeness (QED) is 0.268. The van der Waals surface area contributed by atoms with E-state index in [1.807, 2.05) is 53.9 Å².